The number of hydrogen-bond acceptors (Lipinski definition) is 3. The van der Waals surface area contributed by atoms with Crippen LogP contribution < -0.4 is 0 Å². The first-order valence-electron chi connectivity index (χ1n) is 27.7. The fourth-order valence-corrected chi connectivity index (χ4v) is 13.7. The normalized spacial score (nSPS) is 12.3. The predicted molar refractivity (Wildman–Crippen MR) is 338 cm³/mol. The summed E-state index contributed by atoms with van der Waals surface area (Å²) in [7, 11) is 0. The SMILES string of the molecule is Cc1nc(-c2ccccc2)nc(-n2c3c4cc(-c5ccc6c(ccc7c8ccc9c%10ccc%11ccccc%11c%10n(-c%10ccccc%10)c9c8[nH]c67)c5)ccc4ccc3c3ccc4c5ccc6ccccc6c5n(-c5ccccc5)c4c32)n1. The van der Waals surface area contributed by atoms with Crippen LogP contribution in [0.1, 0.15) is 5.82 Å². The maximum Gasteiger partial charge on any atom is 0.238 e. The van der Waals surface area contributed by atoms with Crippen LogP contribution in [0.2, 0.25) is 0 Å². The summed E-state index contributed by atoms with van der Waals surface area (Å²) in [4.78, 5) is 19.7. The molecule has 13 aromatic carbocycles. The van der Waals surface area contributed by atoms with Gasteiger partial charge in [0.25, 0.3) is 0 Å². The first kappa shape index (κ1) is 44.1. The topological polar surface area (TPSA) is 69.2 Å². The van der Waals surface area contributed by atoms with E-state index in [2.05, 4.69) is 249 Å². The zero-order valence-electron chi connectivity index (χ0n) is 43.9. The van der Waals surface area contributed by atoms with E-state index in [0.717, 1.165) is 82.6 Å². The van der Waals surface area contributed by atoms with Crippen LogP contribution in [0, 0.1) is 6.92 Å². The van der Waals surface area contributed by atoms with Crippen molar-refractivity contribution in [2.24, 2.45) is 0 Å². The molecule has 18 aromatic rings. The molecule has 0 atom stereocenters. The van der Waals surface area contributed by atoms with Crippen LogP contribution in [0.3, 0.4) is 0 Å². The van der Waals surface area contributed by atoms with Crippen molar-refractivity contribution in [2.75, 3.05) is 0 Å². The molecule has 0 saturated carbocycles. The number of hydrogen-bond donors (Lipinski definition) is 1. The highest BCUT2D eigenvalue weighted by Gasteiger charge is 2.26. The minimum absolute atomic E-state index is 0.573. The third-order valence-electron chi connectivity index (χ3n) is 17.2. The number of para-hydroxylation sites is 2. The van der Waals surface area contributed by atoms with Gasteiger partial charge in [-0.15, -0.1) is 0 Å². The number of H-pyrrole nitrogens is 1. The Kier molecular flexibility index (Phi) is 9.03. The van der Waals surface area contributed by atoms with E-state index in [-0.39, 0.29) is 0 Å². The number of rotatable bonds is 5. The molecule has 0 saturated heterocycles. The van der Waals surface area contributed by atoms with E-state index < -0.39 is 0 Å². The summed E-state index contributed by atoms with van der Waals surface area (Å²) < 4.78 is 7.28. The summed E-state index contributed by atoms with van der Waals surface area (Å²) in [6, 6.07) is 90.7. The molecule has 376 valence electrons. The summed E-state index contributed by atoms with van der Waals surface area (Å²) in [5, 5.41) is 18.9. The summed E-state index contributed by atoms with van der Waals surface area (Å²) in [6.45, 7) is 1.97. The van der Waals surface area contributed by atoms with Crippen LogP contribution in [-0.4, -0.2) is 33.6 Å². The number of fused-ring (bicyclic) bond motifs is 22. The highest BCUT2D eigenvalue weighted by molar-refractivity contribution is 6.30. The van der Waals surface area contributed by atoms with E-state index in [1.807, 2.05) is 25.1 Å². The molecular formula is C74H45N7. The highest BCUT2D eigenvalue weighted by atomic mass is 15.2. The molecule has 18 rings (SSSR count). The monoisotopic (exact) mass is 1030 g/mol. The summed E-state index contributed by atoms with van der Waals surface area (Å²) in [6.07, 6.45) is 0. The average molecular weight is 1030 g/mol. The minimum Gasteiger partial charge on any atom is -0.352 e. The van der Waals surface area contributed by atoms with E-state index in [1.54, 1.807) is 0 Å². The van der Waals surface area contributed by atoms with Crippen molar-refractivity contribution < 1.29 is 0 Å². The van der Waals surface area contributed by atoms with Crippen molar-refractivity contribution in [2.45, 2.75) is 6.92 Å². The van der Waals surface area contributed by atoms with Gasteiger partial charge in [0.15, 0.2) is 5.82 Å². The summed E-state index contributed by atoms with van der Waals surface area (Å²) >= 11 is 0. The lowest BCUT2D eigenvalue weighted by molar-refractivity contribution is 0.909. The Morgan fingerprint density at radius 3 is 1.36 bits per heavy atom. The first-order chi connectivity index (χ1) is 40.1. The van der Waals surface area contributed by atoms with E-state index in [0.29, 0.717) is 17.6 Å². The molecule has 0 radical (unpaired) electrons. The Balaban J connectivity index is 0.889. The Morgan fingerprint density at radius 2 is 0.704 bits per heavy atom. The number of nitrogens with one attached hydrogen (secondary N) is 1. The number of nitrogens with zero attached hydrogens (tertiary/aromatic N) is 6. The van der Waals surface area contributed by atoms with E-state index in [1.165, 1.54) is 75.8 Å². The van der Waals surface area contributed by atoms with Gasteiger partial charge < -0.3 is 14.1 Å². The molecule has 0 aliphatic rings. The second kappa shape index (κ2) is 16.6. The van der Waals surface area contributed by atoms with Gasteiger partial charge in [0, 0.05) is 81.6 Å². The summed E-state index contributed by atoms with van der Waals surface area (Å²) in [5.74, 6) is 1.85. The van der Waals surface area contributed by atoms with Gasteiger partial charge in [0.1, 0.15) is 5.82 Å². The fourth-order valence-electron chi connectivity index (χ4n) is 13.7. The predicted octanol–water partition coefficient (Wildman–Crippen LogP) is 19.1. The molecule has 7 nitrogen and oxygen atoms in total. The number of aryl methyl sites for hydroxylation is 1. The number of aromatic nitrogens is 7. The number of benzene rings is 13. The lowest BCUT2D eigenvalue weighted by Gasteiger charge is -2.14. The molecule has 0 spiro atoms. The molecule has 0 aliphatic heterocycles. The Morgan fingerprint density at radius 1 is 0.272 bits per heavy atom. The second-order valence-electron chi connectivity index (χ2n) is 21.6. The van der Waals surface area contributed by atoms with Crippen molar-refractivity contribution in [1.29, 1.82) is 0 Å². The Labute approximate surface area is 462 Å². The standard InChI is InChI=1S/C74H45N7/c1-43-75-73(47-17-5-2-6-18-47)78-74(76-43)81-69-60(63-40-39-62-59-35-28-45-16-12-14-24-55(45)68(59)80(71(62)72(63)81)52-21-9-4-10-22-52)36-29-46-25-26-49(42-64(46)69)48-30-32-53-50(41-48)31-33-56-57-37-38-61-58-34-27-44-15-11-13-23-54(44)67(58)79(51-19-7-3-8-20-51)70(61)66(57)77-65(53)56/h2-42,77H,1H3. The van der Waals surface area contributed by atoms with Gasteiger partial charge >= 0.3 is 0 Å². The van der Waals surface area contributed by atoms with Gasteiger partial charge in [-0.05, 0) is 76.0 Å². The van der Waals surface area contributed by atoms with E-state index >= 15 is 0 Å². The molecule has 5 heterocycles. The third kappa shape index (κ3) is 6.25. The molecular weight excluding hydrogens is 987 g/mol. The molecule has 0 amide bonds. The molecule has 1 N–H and O–H groups in total. The second-order valence-corrected chi connectivity index (χ2v) is 21.6. The van der Waals surface area contributed by atoms with E-state index in [4.69, 9.17) is 15.0 Å². The molecule has 5 aromatic heterocycles. The van der Waals surface area contributed by atoms with Crippen LogP contribution in [0.25, 0.3) is 170 Å². The van der Waals surface area contributed by atoms with Crippen molar-refractivity contribution in [1.82, 2.24) is 33.6 Å². The van der Waals surface area contributed by atoms with Crippen LogP contribution in [0.5, 0.6) is 0 Å². The van der Waals surface area contributed by atoms with E-state index in [9.17, 15) is 0 Å². The quantitative estimate of drug-likeness (QED) is 0.187. The fraction of sp³-hybridized carbons (Fsp3) is 0.0135. The summed E-state index contributed by atoms with van der Waals surface area (Å²) in [5.41, 5.74) is 14.4. The molecule has 7 heteroatoms. The number of aromatic amines is 1. The van der Waals surface area contributed by atoms with Gasteiger partial charge in [-0.3, -0.25) is 4.57 Å². The third-order valence-corrected chi connectivity index (χ3v) is 17.2. The Hall–Kier alpha value is -10.9. The van der Waals surface area contributed by atoms with Crippen LogP contribution in [-0.2, 0) is 0 Å². The molecule has 0 unspecified atom stereocenters. The molecule has 0 aliphatic carbocycles. The van der Waals surface area contributed by atoms with Gasteiger partial charge in [-0.1, -0.05) is 212 Å². The average Bonchev–Trinajstić information content (AvgIpc) is 3.03. The largest absolute Gasteiger partial charge is 0.352 e. The smallest absolute Gasteiger partial charge is 0.238 e. The van der Waals surface area contributed by atoms with Gasteiger partial charge in [-0.25, -0.2) is 4.98 Å². The minimum atomic E-state index is 0.573. The maximum atomic E-state index is 5.41. The van der Waals surface area contributed by atoms with Gasteiger partial charge in [0.2, 0.25) is 5.95 Å². The molecule has 0 fully saturated rings. The lowest BCUT2D eigenvalue weighted by Crippen LogP contribution is -2.07. The van der Waals surface area contributed by atoms with Crippen LogP contribution in [0.15, 0.2) is 249 Å². The first-order valence-corrected chi connectivity index (χ1v) is 27.7. The van der Waals surface area contributed by atoms with Crippen molar-refractivity contribution in [3.63, 3.8) is 0 Å². The zero-order valence-corrected chi connectivity index (χ0v) is 43.9. The van der Waals surface area contributed by atoms with Crippen LogP contribution in [0.4, 0.5) is 0 Å². The van der Waals surface area contributed by atoms with Crippen molar-refractivity contribution in [3.05, 3.63) is 255 Å². The molecule has 81 heavy (non-hydrogen) atoms. The van der Waals surface area contributed by atoms with Crippen molar-refractivity contribution in [3.8, 4) is 39.8 Å². The van der Waals surface area contributed by atoms with Gasteiger partial charge in [0.05, 0.1) is 44.1 Å². The van der Waals surface area contributed by atoms with Crippen LogP contribution >= 0.6 is 0 Å². The highest BCUT2D eigenvalue weighted by Crippen LogP contribution is 2.47. The zero-order chi connectivity index (χ0) is 53.0. The molecule has 0 bridgehead atoms. The maximum absolute atomic E-state index is 5.41. The Bertz CT molecular complexity index is 5710. The van der Waals surface area contributed by atoms with Crippen molar-refractivity contribution >= 4 is 130 Å². The lowest BCUT2D eigenvalue weighted by atomic mass is 9.96. The van der Waals surface area contributed by atoms with Gasteiger partial charge in [-0.2, -0.15) is 9.97 Å².